The highest BCUT2D eigenvalue weighted by atomic mass is 16.5. The molecule has 1 saturated carbocycles. The van der Waals surface area contributed by atoms with Crippen molar-refractivity contribution in [1.82, 2.24) is 0 Å². The second-order valence-electron chi connectivity index (χ2n) is 7.30. The van der Waals surface area contributed by atoms with Crippen molar-refractivity contribution in [3.8, 4) is 0 Å². The minimum atomic E-state index is -0.290. The minimum Gasteiger partial charge on any atom is -0.390 e. The van der Waals surface area contributed by atoms with E-state index in [1.54, 1.807) is 0 Å². The molecule has 1 aliphatic heterocycles. The van der Waals surface area contributed by atoms with Gasteiger partial charge in [0.1, 0.15) is 0 Å². The topological polar surface area (TPSA) is 38.7 Å². The number of aliphatic hydroxyl groups excluding tert-OH is 1. The lowest BCUT2D eigenvalue weighted by Gasteiger charge is -2.40. The quantitative estimate of drug-likeness (QED) is 0.856. The van der Waals surface area contributed by atoms with Crippen LogP contribution in [0, 0.1) is 11.3 Å². The Labute approximate surface area is 117 Å². The highest BCUT2D eigenvalue weighted by Crippen LogP contribution is 2.39. The average molecular weight is 270 g/mol. The molecular formula is C16H30O3. The van der Waals surface area contributed by atoms with Gasteiger partial charge < -0.3 is 14.6 Å². The highest BCUT2D eigenvalue weighted by molar-refractivity contribution is 4.86. The molecule has 3 heteroatoms. The summed E-state index contributed by atoms with van der Waals surface area (Å²) in [5.41, 5.74) is 0.309. The lowest BCUT2D eigenvalue weighted by Crippen LogP contribution is -2.41. The third kappa shape index (κ3) is 4.44. The van der Waals surface area contributed by atoms with E-state index in [4.69, 9.17) is 9.47 Å². The summed E-state index contributed by atoms with van der Waals surface area (Å²) in [6, 6.07) is 0. The molecule has 1 saturated heterocycles. The molecule has 4 atom stereocenters. The van der Waals surface area contributed by atoms with Gasteiger partial charge in [0, 0.05) is 6.61 Å². The molecule has 2 rings (SSSR count). The third-order valence-electron chi connectivity index (χ3n) is 4.75. The Morgan fingerprint density at radius 1 is 1.16 bits per heavy atom. The summed E-state index contributed by atoms with van der Waals surface area (Å²) in [5, 5.41) is 10.1. The zero-order valence-corrected chi connectivity index (χ0v) is 12.7. The lowest BCUT2D eigenvalue weighted by molar-refractivity contribution is -0.119. The minimum absolute atomic E-state index is 0.00324. The average Bonchev–Trinajstić information content (AvgIpc) is 2.37. The molecule has 4 unspecified atom stereocenters. The van der Waals surface area contributed by atoms with Gasteiger partial charge in [-0.05, 0) is 49.9 Å². The Bertz CT molecular complexity index is 266. The fourth-order valence-electron chi connectivity index (χ4n) is 3.25. The standard InChI is InChI=1S/C16H30O3/c1-16(2,3)12-7-8-14(17)15(10-12)19-11-13-6-4-5-9-18-13/h12-15,17H,4-11H2,1-3H3. The first-order valence-corrected chi connectivity index (χ1v) is 7.88. The van der Waals surface area contributed by atoms with Crippen LogP contribution in [0.4, 0.5) is 0 Å². The van der Waals surface area contributed by atoms with E-state index in [-0.39, 0.29) is 18.3 Å². The Balaban J connectivity index is 1.80. The summed E-state index contributed by atoms with van der Waals surface area (Å²) in [6.45, 7) is 8.38. The number of aliphatic hydroxyl groups is 1. The van der Waals surface area contributed by atoms with E-state index in [1.165, 1.54) is 12.8 Å². The van der Waals surface area contributed by atoms with Crippen LogP contribution < -0.4 is 0 Å². The summed E-state index contributed by atoms with van der Waals surface area (Å²) in [6.07, 6.45) is 6.45. The zero-order chi connectivity index (χ0) is 13.9. The normalized spacial score (nSPS) is 37.3. The third-order valence-corrected chi connectivity index (χ3v) is 4.75. The van der Waals surface area contributed by atoms with Gasteiger partial charge in [0.15, 0.2) is 0 Å². The van der Waals surface area contributed by atoms with Crippen LogP contribution in [-0.4, -0.2) is 36.6 Å². The van der Waals surface area contributed by atoms with Crippen molar-refractivity contribution < 1.29 is 14.6 Å². The van der Waals surface area contributed by atoms with Crippen LogP contribution in [0.3, 0.4) is 0 Å². The van der Waals surface area contributed by atoms with Crippen LogP contribution in [0.15, 0.2) is 0 Å². The van der Waals surface area contributed by atoms with Crippen LogP contribution in [0.2, 0.25) is 0 Å². The van der Waals surface area contributed by atoms with Crippen molar-refractivity contribution in [2.75, 3.05) is 13.2 Å². The molecule has 19 heavy (non-hydrogen) atoms. The molecule has 0 aromatic carbocycles. The fourth-order valence-corrected chi connectivity index (χ4v) is 3.25. The maximum absolute atomic E-state index is 10.1. The predicted molar refractivity (Wildman–Crippen MR) is 76.1 cm³/mol. The van der Waals surface area contributed by atoms with Crippen molar-refractivity contribution in [3.05, 3.63) is 0 Å². The Hall–Kier alpha value is -0.120. The van der Waals surface area contributed by atoms with E-state index in [2.05, 4.69) is 20.8 Å². The molecule has 0 aromatic rings. The Kier molecular flexibility index (Phi) is 5.27. The SMILES string of the molecule is CC(C)(C)C1CCC(O)C(OCC2CCCCO2)C1. The van der Waals surface area contributed by atoms with E-state index in [9.17, 15) is 5.11 Å². The summed E-state index contributed by atoms with van der Waals surface area (Å²) in [4.78, 5) is 0. The molecule has 3 nitrogen and oxygen atoms in total. The second kappa shape index (κ2) is 6.55. The smallest absolute Gasteiger partial charge is 0.0838 e. The predicted octanol–water partition coefficient (Wildman–Crippen LogP) is 3.15. The van der Waals surface area contributed by atoms with Gasteiger partial charge in [0.05, 0.1) is 24.9 Å². The molecule has 0 bridgehead atoms. The fraction of sp³-hybridized carbons (Fsp3) is 1.00. The van der Waals surface area contributed by atoms with Gasteiger partial charge in [-0.15, -0.1) is 0 Å². The molecule has 1 N–H and O–H groups in total. The van der Waals surface area contributed by atoms with Crippen LogP contribution in [0.25, 0.3) is 0 Å². The number of hydrogen-bond acceptors (Lipinski definition) is 3. The van der Waals surface area contributed by atoms with Gasteiger partial charge in [0.25, 0.3) is 0 Å². The summed E-state index contributed by atoms with van der Waals surface area (Å²) in [5.74, 6) is 0.646. The van der Waals surface area contributed by atoms with E-state index in [0.29, 0.717) is 17.9 Å². The maximum atomic E-state index is 10.1. The molecule has 0 amide bonds. The first-order chi connectivity index (χ1) is 8.97. The van der Waals surface area contributed by atoms with E-state index < -0.39 is 0 Å². The van der Waals surface area contributed by atoms with Gasteiger partial charge in [-0.25, -0.2) is 0 Å². The molecule has 0 radical (unpaired) electrons. The maximum Gasteiger partial charge on any atom is 0.0838 e. The molecule has 112 valence electrons. The molecule has 0 spiro atoms. The summed E-state index contributed by atoms with van der Waals surface area (Å²) >= 11 is 0. The van der Waals surface area contributed by atoms with Gasteiger partial charge >= 0.3 is 0 Å². The molecular weight excluding hydrogens is 240 g/mol. The monoisotopic (exact) mass is 270 g/mol. The molecule has 2 aliphatic rings. The van der Waals surface area contributed by atoms with Gasteiger partial charge in [-0.2, -0.15) is 0 Å². The van der Waals surface area contributed by atoms with E-state index in [0.717, 1.165) is 32.3 Å². The first kappa shape index (κ1) is 15.3. The zero-order valence-electron chi connectivity index (χ0n) is 12.7. The van der Waals surface area contributed by atoms with Gasteiger partial charge in [-0.3, -0.25) is 0 Å². The first-order valence-electron chi connectivity index (χ1n) is 7.88. The highest BCUT2D eigenvalue weighted by Gasteiger charge is 2.36. The van der Waals surface area contributed by atoms with Gasteiger partial charge in [-0.1, -0.05) is 20.8 Å². The largest absolute Gasteiger partial charge is 0.390 e. The van der Waals surface area contributed by atoms with E-state index in [1.807, 2.05) is 0 Å². The molecule has 1 aliphatic carbocycles. The Morgan fingerprint density at radius 3 is 2.58 bits per heavy atom. The summed E-state index contributed by atoms with van der Waals surface area (Å²) < 4.78 is 11.7. The molecule has 1 heterocycles. The van der Waals surface area contributed by atoms with Crippen molar-refractivity contribution in [2.45, 2.75) is 77.6 Å². The number of ether oxygens (including phenoxy) is 2. The number of hydrogen-bond donors (Lipinski definition) is 1. The summed E-state index contributed by atoms with van der Waals surface area (Å²) in [7, 11) is 0. The van der Waals surface area contributed by atoms with Crippen molar-refractivity contribution >= 4 is 0 Å². The van der Waals surface area contributed by atoms with E-state index >= 15 is 0 Å². The number of rotatable bonds is 3. The molecule has 0 aromatic heterocycles. The van der Waals surface area contributed by atoms with Crippen LogP contribution >= 0.6 is 0 Å². The Morgan fingerprint density at radius 2 is 1.95 bits per heavy atom. The second-order valence-corrected chi connectivity index (χ2v) is 7.30. The van der Waals surface area contributed by atoms with Crippen LogP contribution in [-0.2, 0) is 9.47 Å². The van der Waals surface area contributed by atoms with Crippen molar-refractivity contribution in [2.24, 2.45) is 11.3 Å². The van der Waals surface area contributed by atoms with Crippen molar-refractivity contribution in [1.29, 1.82) is 0 Å². The van der Waals surface area contributed by atoms with Gasteiger partial charge in [0.2, 0.25) is 0 Å². The van der Waals surface area contributed by atoms with Crippen LogP contribution in [0.1, 0.15) is 59.3 Å². The lowest BCUT2D eigenvalue weighted by atomic mass is 9.71. The van der Waals surface area contributed by atoms with Crippen LogP contribution in [0.5, 0.6) is 0 Å². The molecule has 2 fully saturated rings. The van der Waals surface area contributed by atoms with Crippen molar-refractivity contribution in [3.63, 3.8) is 0 Å².